The zero-order valence-corrected chi connectivity index (χ0v) is 14.2. The van der Waals surface area contributed by atoms with E-state index in [-0.39, 0.29) is 17.2 Å². The van der Waals surface area contributed by atoms with Crippen molar-refractivity contribution in [2.24, 2.45) is 0 Å². The van der Waals surface area contributed by atoms with E-state index < -0.39 is 17.8 Å². The van der Waals surface area contributed by atoms with Crippen LogP contribution in [0.3, 0.4) is 0 Å². The average Bonchev–Trinajstić information content (AvgIpc) is 2.86. The molecule has 0 aromatic heterocycles. The summed E-state index contributed by atoms with van der Waals surface area (Å²) in [4.78, 5) is 15.0. The van der Waals surface area contributed by atoms with E-state index in [0.717, 1.165) is 31.4 Å². The summed E-state index contributed by atoms with van der Waals surface area (Å²) >= 11 is 0. The lowest BCUT2D eigenvalue weighted by molar-refractivity contribution is -0.123. The summed E-state index contributed by atoms with van der Waals surface area (Å²) in [5, 5.41) is 20.5. The molecule has 1 amide bonds. The van der Waals surface area contributed by atoms with E-state index in [1.165, 1.54) is 6.07 Å². The van der Waals surface area contributed by atoms with Gasteiger partial charge in [-0.2, -0.15) is 0 Å². The number of halogens is 1. The topological polar surface area (TPSA) is 60.8 Å². The Hall–Kier alpha value is -2.40. The number of rotatable bonds is 6. The second kappa shape index (κ2) is 6.84. The van der Waals surface area contributed by atoms with Gasteiger partial charge in [0.15, 0.2) is 0 Å². The normalized spacial score (nSPS) is 19.3. The SMILES string of the molecule is CCCCCN1C(=O)C(CO)(c2cc(F)ccc2O)c2ccccc21. The van der Waals surface area contributed by atoms with Crippen LogP contribution in [0.4, 0.5) is 10.1 Å². The molecule has 2 N–H and O–H groups in total. The van der Waals surface area contributed by atoms with Gasteiger partial charge in [-0.25, -0.2) is 4.39 Å². The molecule has 1 aliphatic heterocycles. The van der Waals surface area contributed by atoms with Crippen molar-refractivity contribution in [3.63, 3.8) is 0 Å². The molecule has 0 spiro atoms. The summed E-state index contributed by atoms with van der Waals surface area (Å²) in [6.07, 6.45) is 2.86. The summed E-state index contributed by atoms with van der Waals surface area (Å²) in [6.45, 7) is 2.08. The standard InChI is InChI=1S/C20H22FNO3/c1-2-3-6-11-22-17-8-5-4-7-15(17)20(13-23,19(22)25)16-12-14(21)9-10-18(16)24/h4-5,7-10,12,23-24H,2-3,6,11,13H2,1H3. The Labute approximate surface area is 146 Å². The zero-order chi connectivity index (χ0) is 18.0. The number of para-hydroxylation sites is 1. The van der Waals surface area contributed by atoms with Crippen LogP contribution >= 0.6 is 0 Å². The lowest BCUT2D eigenvalue weighted by Gasteiger charge is -2.28. The molecule has 4 nitrogen and oxygen atoms in total. The van der Waals surface area contributed by atoms with Crippen molar-refractivity contribution in [1.29, 1.82) is 0 Å². The third-order valence-electron chi connectivity index (χ3n) is 4.91. The van der Waals surface area contributed by atoms with E-state index in [4.69, 9.17) is 0 Å². The summed E-state index contributed by atoms with van der Waals surface area (Å²) in [6, 6.07) is 10.7. The largest absolute Gasteiger partial charge is 0.508 e. The van der Waals surface area contributed by atoms with Crippen LogP contribution in [0.15, 0.2) is 42.5 Å². The van der Waals surface area contributed by atoms with Crippen molar-refractivity contribution in [3.05, 3.63) is 59.4 Å². The van der Waals surface area contributed by atoms with Crippen molar-refractivity contribution in [2.45, 2.75) is 31.6 Å². The lowest BCUT2D eigenvalue weighted by atomic mass is 9.75. The molecule has 3 rings (SSSR count). The number of unbranched alkanes of at least 4 members (excludes halogenated alkanes) is 2. The number of hydrogen-bond acceptors (Lipinski definition) is 3. The Morgan fingerprint density at radius 2 is 1.88 bits per heavy atom. The molecule has 0 radical (unpaired) electrons. The van der Waals surface area contributed by atoms with Crippen molar-refractivity contribution in [3.8, 4) is 5.75 Å². The third-order valence-corrected chi connectivity index (χ3v) is 4.91. The van der Waals surface area contributed by atoms with Crippen molar-refractivity contribution >= 4 is 11.6 Å². The third kappa shape index (κ3) is 2.68. The minimum absolute atomic E-state index is 0.102. The minimum atomic E-state index is -1.48. The zero-order valence-electron chi connectivity index (χ0n) is 14.2. The number of benzene rings is 2. The van der Waals surface area contributed by atoms with Crippen molar-refractivity contribution < 1.29 is 19.4 Å². The van der Waals surface area contributed by atoms with Crippen LogP contribution in [0.2, 0.25) is 0 Å². The smallest absolute Gasteiger partial charge is 0.244 e. The molecule has 5 heteroatoms. The Bertz CT molecular complexity index is 792. The molecule has 25 heavy (non-hydrogen) atoms. The Morgan fingerprint density at radius 3 is 2.60 bits per heavy atom. The first-order chi connectivity index (χ1) is 12.1. The van der Waals surface area contributed by atoms with E-state index in [1.807, 2.05) is 12.1 Å². The van der Waals surface area contributed by atoms with Crippen LogP contribution in [-0.2, 0) is 10.2 Å². The van der Waals surface area contributed by atoms with E-state index in [2.05, 4.69) is 6.92 Å². The fourth-order valence-corrected chi connectivity index (χ4v) is 3.62. The molecule has 0 saturated carbocycles. The molecule has 2 aromatic rings. The molecular formula is C20H22FNO3. The number of hydrogen-bond donors (Lipinski definition) is 2. The van der Waals surface area contributed by atoms with Gasteiger partial charge in [0.2, 0.25) is 5.91 Å². The highest BCUT2D eigenvalue weighted by Gasteiger charge is 2.52. The Balaban J connectivity index is 2.16. The molecule has 0 aliphatic carbocycles. The quantitative estimate of drug-likeness (QED) is 0.791. The molecule has 1 atom stereocenters. The van der Waals surface area contributed by atoms with Gasteiger partial charge in [-0.15, -0.1) is 0 Å². The first kappa shape index (κ1) is 17.4. The number of amides is 1. The summed E-state index contributed by atoms with van der Waals surface area (Å²) in [7, 11) is 0. The fourth-order valence-electron chi connectivity index (χ4n) is 3.62. The van der Waals surface area contributed by atoms with Crippen LogP contribution in [0, 0.1) is 5.82 Å². The van der Waals surface area contributed by atoms with Crippen LogP contribution in [0.5, 0.6) is 5.75 Å². The van der Waals surface area contributed by atoms with E-state index in [1.54, 1.807) is 17.0 Å². The predicted molar refractivity (Wildman–Crippen MR) is 94.3 cm³/mol. The maximum absolute atomic E-state index is 13.8. The molecule has 1 aliphatic rings. The number of fused-ring (bicyclic) bond motifs is 1. The number of nitrogens with zero attached hydrogens (tertiary/aromatic N) is 1. The fraction of sp³-hybridized carbons (Fsp3) is 0.350. The summed E-state index contributed by atoms with van der Waals surface area (Å²) in [5.74, 6) is -1.09. The van der Waals surface area contributed by atoms with Crippen LogP contribution in [-0.4, -0.2) is 29.3 Å². The van der Waals surface area contributed by atoms with Crippen molar-refractivity contribution in [1.82, 2.24) is 0 Å². The molecule has 1 heterocycles. The first-order valence-electron chi connectivity index (χ1n) is 8.57. The maximum Gasteiger partial charge on any atom is 0.244 e. The molecule has 1 unspecified atom stereocenters. The summed E-state index contributed by atoms with van der Waals surface area (Å²) in [5.41, 5.74) is -0.0683. The van der Waals surface area contributed by atoms with Gasteiger partial charge in [0.1, 0.15) is 17.0 Å². The highest BCUT2D eigenvalue weighted by Crippen LogP contribution is 2.48. The summed E-state index contributed by atoms with van der Waals surface area (Å²) < 4.78 is 13.8. The predicted octanol–water partition coefficient (Wildman–Crippen LogP) is 3.35. The molecule has 0 bridgehead atoms. The number of carbonyl (C=O) groups is 1. The molecule has 2 aromatic carbocycles. The van der Waals surface area contributed by atoms with Gasteiger partial charge in [0.05, 0.1) is 6.61 Å². The Kier molecular flexibility index (Phi) is 4.77. The lowest BCUT2D eigenvalue weighted by Crippen LogP contribution is -2.44. The van der Waals surface area contributed by atoms with Gasteiger partial charge < -0.3 is 15.1 Å². The average molecular weight is 343 g/mol. The maximum atomic E-state index is 13.8. The molecule has 0 saturated heterocycles. The van der Waals surface area contributed by atoms with Gasteiger partial charge in [0, 0.05) is 17.8 Å². The van der Waals surface area contributed by atoms with Gasteiger partial charge in [-0.1, -0.05) is 38.0 Å². The number of phenols is 1. The molecule has 0 fully saturated rings. The van der Waals surface area contributed by atoms with Gasteiger partial charge in [0.25, 0.3) is 0 Å². The minimum Gasteiger partial charge on any atom is -0.508 e. The van der Waals surface area contributed by atoms with Gasteiger partial charge in [-0.05, 0) is 36.2 Å². The number of carbonyl (C=O) groups excluding carboxylic acids is 1. The van der Waals surface area contributed by atoms with Crippen LogP contribution < -0.4 is 4.90 Å². The van der Waals surface area contributed by atoms with E-state index in [9.17, 15) is 19.4 Å². The molecular weight excluding hydrogens is 321 g/mol. The highest BCUT2D eigenvalue weighted by molar-refractivity contribution is 6.11. The monoisotopic (exact) mass is 343 g/mol. The first-order valence-corrected chi connectivity index (χ1v) is 8.57. The second-order valence-corrected chi connectivity index (χ2v) is 6.41. The highest BCUT2D eigenvalue weighted by atomic mass is 19.1. The van der Waals surface area contributed by atoms with Crippen LogP contribution in [0.25, 0.3) is 0 Å². The number of anilines is 1. The second-order valence-electron chi connectivity index (χ2n) is 6.41. The van der Waals surface area contributed by atoms with Gasteiger partial charge in [-0.3, -0.25) is 4.79 Å². The number of aliphatic hydroxyl groups excluding tert-OH is 1. The Morgan fingerprint density at radius 1 is 1.12 bits per heavy atom. The number of aliphatic hydroxyl groups is 1. The van der Waals surface area contributed by atoms with E-state index in [0.29, 0.717) is 17.8 Å². The van der Waals surface area contributed by atoms with Crippen LogP contribution in [0.1, 0.15) is 37.3 Å². The van der Waals surface area contributed by atoms with Gasteiger partial charge >= 0.3 is 0 Å². The number of aromatic hydroxyl groups is 1. The van der Waals surface area contributed by atoms with Crippen molar-refractivity contribution in [2.75, 3.05) is 18.1 Å². The number of phenolic OH excluding ortho intramolecular Hbond substituents is 1. The molecule has 132 valence electrons. The van der Waals surface area contributed by atoms with E-state index >= 15 is 0 Å².